The van der Waals surface area contributed by atoms with Gasteiger partial charge in [-0.15, -0.1) is 0 Å². The molecule has 0 spiro atoms. The Hall–Kier alpha value is -3.91. The van der Waals surface area contributed by atoms with Gasteiger partial charge in [-0.1, -0.05) is 35.9 Å². The zero-order chi connectivity index (χ0) is 24.4. The minimum atomic E-state index is -3.84. The topological polar surface area (TPSA) is 82.6 Å². The molecular weight excluding hydrogens is 460 g/mol. The summed E-state index contributed by atoms with van der Waals surface area (Å²) in [5.74, 6) is -0.0544. The van der Waals surface area contributed by atoms with E-state index in [4.69, 9.17) is 0 Å². The minimum Gasteiger partial charge on any atom is -0.368 e. The molecule has 3 aromatic carbocycles. The maximum absolute atomic E-state index is 13.0. The molecule has 1 aliphatic heterocycles. The molecule has 1 amide bonds. The molecule has 7 nitrogen and oxygen atoms in total. The summed E-state index contributed by atoms with van der Waals surface area (Å²) in [4.78, 5) is 21.5. The van der Waals surface area contributed by atoms with Gasteiger partial charge in [0.25, 0.3) is 15.9 Å². The number of hydrogen-bond donors (Lipinski definition) is 1. The van der Waals surface area contributed by atoms with Crippen LogP contribution in [-0.4, -0.2) is 50.4 Å². The van der Waals surface area contributed by atoms with Crippen LogP contribution < -0.4 is 9.62 Å². The first-order chi connectivity index (χ1) is 16.9. The van der Waals surface area contributed by atoms with Crippen LogP contribution in [-0.2, 0) is 10.0 Å². The second kappa shape index (κ2) is 9.38. The number of fused-ring (bicyclic) bond motifs is 1. The van der Waals surface area contributed by atoms with E-state index in [1.54, 1.807) is 42.6 Å². The predicted octanol–water partition coefficient (Wildman–Crippen LogP) is 4.31. The van der Waals surface area contributed by atoms with Crippen LogP contribution in [0.25, 0.3) is 10.9 Å². The van der Waals surface area contributed by atoms with Gasteiger partial charge in [0.1, 0.15) is 4.90 Å². The van der Waals surface area contributed by atoms with Crippen molar-refractivity contribution < 1.29 is 13.2 Å². The SMILES string of the molecule is Cc1ccc(N2CCN(C(=O)c3ccc(NS(=O)(=O)c4cccc5cccnc45)cc3)CC2)cc1. The summed E-state index contributed by atoms with van der Waals surface area (Å²) in [5, 5.41) is 0.749. The van der Waals surface area contributed by atoms with E-state index < -0.39 is 10.0 Å². The molecule has 0 radical (unpaired) electrons. The fourth-order valence-electron chi connectivity index (χ4n) is 4.29. The summed E-state index contributed by atoms with van der Waals surface area (Å²) < 4.78 is 28.6. The molecule has 0 atom stereocenters. The molecule has 0 saturated carbocycles. The van der Waals surface area contributed by atoms with E-state index in [0.29, 0.717) is 29.9 Å². The van der Waals surface area contributed by atoms with Gasteiger partial charge in [-0.05, 0) is 55.5 Å². The Kier molecular flexibility index (Phi) is 6.13. The van der Waals surface area contributed by atoms with Gasteiger partial charge in [-0.3, -0.25) is 14.5 Å². The Balaban J connectivity index is 1.25. The number of hydrogen-bond acceptors (Lipinski definition) is 5. The summed E-state index contributed by atoms with van der Waals surface area (Å²) in [6.07, 6.45) is 1.57. The maximum atomic E-state index is 13.0. The van der Waals surface area contributed by atoms with Crippen LogP contribution in [0.2, 0.25) is 0 Å². The van der Waals surface area contributed by atoms with Gasteiger partial charge in [0, 0.05) is 54.7 Å². The number of sulfonamides is 1. The lowest BCUT2D eigenvalue weighted by molar-refractivity contribution is 0.0747. The number of para-hydroxylation sites is 1. The Bertz CT molecular complexity index is 1460. The molecule has 8 heteroatoms. The third kappa shape index (κ3) is 4.83. The normalized spacial score (nSPS) is 14.2. The fraction of sp³-hybridized carbons (Fsp3) is 0.185. The molecule has 0 bridgehead atoms. The number of benzene rings is 3. The molecule has 1 N–H and O–H groups in total. The zero-order valence-electron chi connectivity index (χ0n) is 19.4. The smallest absolute Gasteiger partial charge is 0.264 e. The Morgan fingerprint density at radius 2 is 1.54 bits per heavy atom. The van der Waals surface area contributed by atoms with Crippen LogP contribution in [0, 0.1) is 6.92 Å². The fourth-order valence-corrected chi connectivity index (χ4v) is 5.53. The van der Waals surface area contributed by atoms with Crippen molar-refractivity contribution in [1.82, 2.24) is 9.88 Å². The van der Waals surface area contributed by atoms with E-state index in [1.165, 1.54) is 17.3 Å². The number of pyridine rings is 1. The molecule has 5 rings (SSSR count). The number of amides is 1. The van der Waals surface area contributed by atoms with Crippen LogP contribution in [0.3, 0.4) is 0 Å². The van der Waals surface area contributed by atoms with E-state index in [9.17, 15) is 13.2 Å². The Morgan fingerprint density at radius 1 is 0.857 bits per heavy atom. The molecule has 1 fully saturated rings. The van der Waals surface area contributed by atoms with Crippen molar-refractivity contribution in [1.29, 1.82) is 0 Å². The highest BCUT2D eigenvalue weighted by Crippen LogP contribution is 2.24. The lowest BCUT2D eigenvalue weighted by Gasteiger charge is -2.36. The number of piperazine rings is 1. The van der Waals surface area contributed by atoms with Crippen molar-refractivity contribution in [3.8, 4) is 0 Å². The molecule has 0 unspecified atom stereocenters. The van der Waals surface area contributed by atoms with Crippen molar-refractivity contribution in [2.75, 3.05) is 35.8 Å². The number of carbonyl (C=O) groups is 1. The van der Waals surface area contributed by atoms with Gasteiger partial charge < -0.3 is 9.80 Å². The van der Waals surface area contributed by atoms with E-state index in [-0.39, 0.29) is 10.8 Å². The first-order valence-electron chi connectivity index (χ1n) is 11.5. The van der Waals surface area contributed by atoms with Crippen LogP contribution in [0.15, 0.2) is 90.0 Å². The highest BCUT2D eigenvalue weighted by molar-refractivity contribution is 7.93. The van der Waals surface area contributed by atoms with E-state index in [0.717, 1.165) is 18.5 Å². The van der Waals surface area contributed by atoms with Gasteiger partial charge in [-0.25, -0.2) is 8.42 Å². The number of nitrogens with one attached hydrogen (secondary N) is 1. The van der Waals surface area contributed by atoms with Crippen molar-refractivity contribution >= 4 is 38.2 Å². The lowest BCUT2D eigenvalue weighted by atomic mass is 10.1. The van der Waals surface area contributed by atoms with Crippen molar-refractivity contribution in [3.05, 3.63) is 96.2 Å². The maximum Gasteiger partial charge on any atom is 0.264 e. The highest BCUT2D eigenvalue weighted by atomic mass is 32.2. The molecule has 178 valence electrons. The number of aryl methyl sites for hydroxylation is 1. The number of nitrogens with zero attached hydrogens (tertiary/aromatic N) is 3. The van der Waals surface area contributed by atoms with Gasteiger partial charge in [0.15, 0.2) is 0 Å². The predicted molar refractivity (Wildman–Crippen MR) is 138 cm³/mol. The molecule has 1 aromatic heterocycles. The summed E-state index contributed by atoms with van der Waals surface area (Å²) >= 11 is 0. The summed E-state index contributed by atoms with van der Waals surface area (Å²) in [5.41, 5.74) is 3.73. The third-order valence-corrected chi connectivity index (χ3v) is 7.65. The van der Waals surface area contributed by atoms with Crippen molar-refractivity contribution in [2.45, 2.75) is 11.8 Å². The Labute approximate surface area is 205 Å². The largest absolute Gasteiger partial charge is 0.368 e. The second-order valence-electron chi connectivity index (χ2n) is 8.63. The first-order valence-corrected chi connectivity index (χ1v) is 13.0. The van der Waals surface area contributed by atoms with Crippen molar-refractivity contribution in [2.24, 2.45) is 0 Å². The van der Waals surface area contributed by atoms with E-state index >= 15 is 0 Å². The van der Waals surface area contributed by atoms with Crippen LogP contribution in [0.1, 0.15) is 15.9 Å². The molecule has 4 aromatic rings. The number of anilines is 2. The Morgan fingerprint density at radius 3 is 2.26 bits per heavy atom. The molecular formula is C27H26N4O3S. The summed E-state index contributed by atoms with van der Waals surface area (Å²) in [6, 6.07) is 23.6. The van der Waals surface area contributed by atoms with Crippen molar-refractivity contribution in [3.63, 3.8) is 0 Å². The molecule has 35 heavy (non-hydrogen) atoms. The standard InChI is InChI=1S/C27H26N4O3S/c1-20-7-13-24(14-8-20)30-16-18-31(19-17-30)27(32)22-9-11-23(12-10-22)29-35(33,34)25-6-2-4-21-5-3-15-28-26(21)25/h2-15,29H,16-19H2,1H3. The van der Waals surface area contributed by atoms with Crippen LogP contribution in [0.5, 0.6) is 0 Å². The molecule has 1 aliphatic rings. The summed E-state index contributed by atoms with van der Waals surface area (Å²) in [7, 11) is -3.84. The molecule has 1 saturated heterocycles. The van der Waals surface area contributed by atoms with Gasteiger partial charge >= 0.3 is 0 Å². The lowest BCUT2D eigenvalue weighted by Crippen LogP contribution is -2.48. The summed E-state index contributed by atoms with van der Waals surface area (Å²) in [6.45, 7) is 4.87. The van der Waals surface area contributed by atoms with Crippen LogP contribution >= 0.6 is 0 Å². The molecule has 2 heterocycles. The second-order valence-corrected chi connectivity index (χ2v) is 10.3. The number of aromatic nitrogens is 1. The van der Waals surface area contributed by atoms with Gasteiger partial charge in [0.2, 0.25) is 0 Å². The average Bonchev–Trinajstić information content (AvgIpc) is 2.89. The van der Waals surface area contributed by atoms with Crippen LogP contribution in [0.4, 0.5) is 11.4 Å². The minimum absolute atomic E-state index is 0.0544. The van der Waals surface area contributed by atoms with Gasteiger partial charge in [0.05, 0.1) is 5.52 Å². The molecule has 0 aliphatic carbocycles. The monoisotopic (exact) mass is 486 g/mol. The highest BCUT2D eigenvalue weighted by Gasteiger charge is 2.23. The quantitative estimate of drug-likeness (QED) is 0.455. The number of rotatable bonds is 5. The van der Waals surface area contributed by atoms with Gasteiger partial charge in [-0.2, -0.15) is 0 Å². The average molecular weight is 487 g/mol. The first kappa shape index (κ1) is 22.9. The number of carbonyl (C=O) groups excluding carboxylic acids is 1. The van der Waals surface area contributed by atoms with E-state index in [1.807, 2.05) is 17.0 Å². The third-order valence-electron chi connectivity index (χ3n) is 6.24. The zero-order valence-corrected chi connectivity index (χ0v) is 20.2. The van der Waals surface area contributed by atoms with E-state index in [2.05, 4.69) is 45.8 Å².